The van der Waals surface area contributed by atoms with Crippen LogP contribution in [0, 0.1) is 0 Å². The van der Waals surface area contributed by atoms with Gasteiger partial charge in [-0.15, -0.1) is 0 Å². The van der Waals surface area contributed by atoms with Crippen LogP contribution in [0.2, 0.25) is 0 Å². The maximum absolute atomic E-state index is 10.5. The molecule has 0 aliphatic carbocycles. The molecule has 0 aliphatic heterocycles. The van der Waals surface area contributed by atoms with E-state index < -0.39 is 6.10 Å². The minimum atomic E-state index is -0.602. The lowest BCUT2D eigenvalue weighted by molar-refractivity contribution is -0.152. The van der Waals surface area contributed by atoms with Gasteiger partial charge in [0.15, 0.2) is 6.29 Å². The molecular formula is C22H33NO4. The van der Waals surface area contributed by atoms with E-state index in [-0.39, 0.29) is 18.9 Å². The Morgan fingerprint density at radius 3 is 2.26 bits per heavy atom. The van der Waals surface area contributed by atoms with Gasteiger partial charge < -0.3 is 19.3 Å². The van der Waals surface area contributed by atoms with Crippen molar-refractivity contribution in [3.8, 4) is 5.75 Å². The molecule has 0 heterocycles. The van der Waals surface area contributed by atoms with Crippen LogP contribution in [0.25, 0.3) is 10.8 Å². The summed E-state index contributed by atoms with van der Waals surface area (Å²) in [4.78, 5) is 2.16. The summed E-state index contributed by atoms with van der Waals surface area (Å²) in [5.41, 5.74) is 0. The molecule has 0 spiro atoms. The van der Waals surface area contributed by atoms with Gasteiger partial charge >= 0.3 is 0 Å². The molecule has 0 bridgehead atoms. The Labute approximate surface area is 162 Å². The van der Waals surface area contributed by atoms with Crippen LogP contribution in [0.15, 0.2) is 42.5 Å². The van der Waals surface area contributed by atoms with Gasteiger partial charge in [0.1, 0.15) is 18.5 Å². The van der Waals surface area contributed by atoms with E-state index in [4.69, 9.17) is 14.2 Å². The number of benzene rings is 2. The Morgan fingerprint density at radius 1 is 0.926 bits per heavy atom. The van der Waals surface area contributed by atoms with E-state index in [1.807, 2.05) is 44.2 Å². The lowest BCUT2D eigenvalue weighted by Crippen LogP contribution is -2.45. The first-order valence-electron chi connectivity index (χ1n) is 9.81. The summed E-state index contributed by atoms with van der Waals surface area (Å²) in [6.45, 7) is 10.7. The maximum atomic E-state index is 10.5. The Hall–Kier alpha value is -1.66. The monoisotopic (exact) mass is 375 g/mol. The normalized spacial score (nSPS) is 13.0. The molecule has 2 rings (SSSR count). The zero-order valence-corrected chi connectivity index (χ0v) is 16.9. The number of fused-ring (bicyclic) bond motifs is 1. The number of aliphatic hydroxyl groups is 1. The molecular weight excluding hydrogens is 342 g/mol. The first-order chi connectivity index (χ1) is 13.0. The minimum Gasteiger partial charge on any atom is -0.490 e. The van der Waals surface area contributed by atoms with Crippen LogP contribution >= 0.6 is 0 Å². The molecule has 1 N–H and O–H groups in total. The first-order valence-corrected chi connectivity index (χ1v) is 9.81. The summed E-state index contributed by atoms with van der Waals surface area (Å²) in [6, 6.07) is 14.3. The van der Waals surface area contributed by atoms with Gasteiger partial charge in [0.05, 0.1) is 0 Å². The van der Waals surface area contributed by atoms with Gasteiger partial charge in [-0.05, 0) is 39.1 Å². The Kier molecular flexibility index (Phi) is 9.01. The third kappa shape index (κ3) is 6.78. The summed E-state index contributed by atoms with van der Waals surface area (Å²) in [5, 5.41) is 12.7. The van der Waals surface area contributed by atoms with Gasteiger partial charge in [-0.2, -0.15) is 0 Å². The first kappa shape index (κ1) is 21.6. The third-order valence-corrected chi connectivity index (χ3v) is 4.45. The highest BCUT2D eigenvalue weighted by molar-refractivity contribution is 5.88. The molecule has 150 valence electrons. The van der Waals surface area contributed by atoms with Gasteiger partial charge in [0.2, 0.25) is 0 Å². The fraction of sp³-hybridized carbons (Fsp3) is 0.545. The van der Waals surface area contributed by atoms with Crippen LogP contribution in [0.4, 0.5) is 0 Å². The Morgan fingerprint density at radius 2 is 1.59 bits per heavy atom. The summed E-state index contributed by atoms with van der Waals surface area (Å²) in [5.74, 6) is 0.796. The number of hydrogen-bond donors (Lipinski definition) is 1. The molecule has 0 aliphatic rings. The molecule has 1 unspecified atom stereocenters. The molecule has 27 heavy (non-hydrogen) atoms. The van der Waals surface area contributed by atoms with Crippen molar-refractivity contribution in [2.45, 2.75) is 46.1 Å². The summed E-state index contributed by atoms with van der Waals surface area (Å²) in [7, 11) is 0. The van der Waals surface area contributed by atoms with Crippen molar-refractivity contribution < 1.29 is 19.3 Å². The van der Waals surface area contributed by atoms with Gasteiger partial charge in [-0.25, -0.2) is 0 Å². The lowest BCUT2D eigenvalue weighted by atomic mass is 10.1. The number of nitrogens with zero attached hydrogens (tertiary/aromatic N) is 1. The van der Waals surface area contributed by atoms with Crippen molar-refractivity contribution in [2.75, 3.05) is 32.9 Å². The van der Waals surface area contributed by atoms with Crippen molar-refractivity contribution in [3.05, 3.63) is 42.5 Å². The molecule has 0 aromatic heterocycles. The zero-order chi connectivity index (χ0) is 19.6. The fourth-order valence-electron chi connectivity index (χ4n) is 3.04. The molecule has 2 aromatic carbocycles. The molecule has 0 fully saturated rings. The zero-order valence-electron chi connectivity index (χ0n) is 16.9. The van der Waals surface area contributed by atoms with Crippen molar-refractivity contribution >= 4 is 10.8 Å². The van der Waals surface area contributed by atoms with Gasteiger partial charge in [0, 0.05) is 37.7 Å². The molecule has 5 nitrogen and oxygen atoms in total. The van der Waals surface area contributed by atoms with E-state index in [0.29, 0.717) is 26.3 Å². The molecule has 1 atom stereocenters. The van der Waals surface area contributed by atoms with E-state index in [1.165, 1.54) is 0 Å². The number of rotatable bonds is 12. The molecule has 0 saturated heterocycles. The Balaban J connectivity index is 1.94. The van der Waals surface area contributed by atoms with Crippen LogP contribution in [-0.2, 0) is 9.47 Å². The second-order valence-electron chi connectivity index (χ2n) is 6.83. The lowest BCUT2D eigenvalue weighted by Gasteiger charge is -2.31. The largest absolute Gasteiger partial charge is 0.490 e. The van der Waals surface area contributed by atoms with Crippen LogP contribution in [0.3, 0.4) is 0 Å². The predicted molar refractivity (Wildman–Crippen MR) is 109 cm³/mol. The van der Waals surface area contributed by atoms with Crippen molar-refractivity contribution in [1.82, 2.24) is 4.90 Å². The van der Waals surface area contributed by atoms with Crippen molar-refractivity contribution in [3.63, 3.8) is 0 Å². The number of ether oxygens (including phenoxy) is 3. The summed E-state index contributed by atoms with van der Waals surface area (Å²) < 4.78 is 17.2. The predicted octanol–water partition coefficient (Wildman–Crippen LogP) is 3.69. The topological polar surface area (TPSA) is 51.2 Å². The van der Waals surface area contributed by atoms with E-state index in [9.17, 15) is 5.11 Å². The van der Waals surface area contributed by atoms with E-state index >= 15 is 0 Å². The molecule has 0 saturated carbocycles. The molecule has 2 aromatic rings. The van der Waals surface area contributed by atoms with Crippen LogP contribution in [0.5, 0.6) is 5.75 Å². The van der Waals surface area contributed by atoms with Gasteiger partial charge in [-0.1, -0.05) is 36.4 Å². The van der Waals surface area contributed by atoms with Crippen molar-refractivity contribution in [1.29, 1.82) is 0 Å². The summed E-state index contributed by atoms with van der Waals surface area (Å²) in [6.07, 6.45) is -0.885. The highest BCUT2D eigenvalue weighted by Gasteiger charge is 2.20. The van der Waals surface area contributed by atoms with E-state index in [1.54, 1.807) is 0 Å². The van der Waals surface area contributed by atoms with Gasteiger partial charge in [0.25, 0.3) is 0 Å². The van der Waals surface area contributed by atoms with E-state index in [2.05, 4.69) is 30.9 Å². The van der Waals surface area contributed by atoms with Crippen LogP contribution in [-0.4, -0.2) is 61.4 Å². The molecule has 0 radical (unpaired) electrons. The van der Waals surface area contributed by atoms with Crippen LogP contribution < -0.4 is 4.74 Å². The van der Waals surface area contributed by atoms with Gasteiger partial charge in [-0.3, -0.25) is 4.90 Å². The number of hydrogen-bond acceptors (Lipinski definition) is 5. The van der Waals surface area contributed by atoms with Crippen LogP contribution in [0.1, 0.15) is 27.7 Å². The smallest absolute Gasteiger partial charge is 0.170 e. The SMILES string of the molecule is CCOC(CN(CC(O)COc1cccc2ccccc12)C(C)C)OCC. The standard InChI is InChI=1S/C22H33NO4/c1-5-25-22(26-6-2)15-23(17(3)4)14-19(24)16-27-21-13-9-11-18-10-7-8-12-20(18)21/h7-13,17,19,22,24H,5-6,14-16H2,1-4H3. The second-order valence-corrected chi connectivity index (χ2v) is 6.83. The second kappa shape index (κ2) is 11.2. The third-order valence-electron chi connectivity index (χ3n) is 4.45. The average molecular weight is 376 g/mol. The number of aliphatic hydroxyl groups excluding tert-OH is 1. The maximum Gasteiger partial charge on any atom is 0.170 e. The van der Waals surface area contributed by atoms with Crippen molar-refractivity contribution in [2.24, 2.45) is 0 Å². The molecule has 0 amide bonds. The molecule has 5 heteroatoms. The highest BCUT2D eigenvalue weighted by atomic mass is 16.7. The quantitative estimate of drug-likeness (QED) is 0.574. The Bertz CT molecular complexity index is 665. The summed E-state index contributed by atoms with van der Waals surface area (Å²) >= 11 is 0. The highest BCUT2D eigenvalue weighted by Crippen LogP contribution is 2.25. The minimum absolute atomic E-state index is 0.241. The van der Waals surface area contributed by atoms with E-state index in [0.717, 1.165) is 16.5 Å². The average Bonchev–Trinajstić information content (AvgIpc) is 2.66. The fourth-order valence-corrected chi connectivity index (χ4v) is 3.04.